The Morgan fingerprint density at radius 1 is 1.20 bits per heavy atom. The van der Waals surface area contributed by atoms with Crippen LogP contribution in [0.1, 0.15) is 31.2 Å². The van der Waals surface area contributed by atoms with Crippen LogP contribution >= 0.6 is 11.6 Å². The van der Waals surface area contributed by atoms with Crippen molar-refractivity contribution in [2.75, 3.05) is 32.6 Å². The van der Waals surface area contributed by atoms with Crippen molar-refractivity contribution >= 4 is 23.2 Å². The van der Waals surface area contributed by atoms with Gasteiger partial charge in [0.15, 0.2) is 0 Å². The highest BCUT2D eigenvalue weighted by Gasteiger charge is 2.21. The van der Waals surface area contributed by atoms with Gasteiger partial charge in [0.2, 0.25) is 5.91 Å². The molecular weight excluding hydrogens is 404 g/mol. The minimum absolute atomic E-state index is 0.0186. The maximum absolute atomic E-state index is 12.5. The first-order chi connectivity index (χ1) is 14.5. The largest absolute Gasteiger partial charge is 0.508 e. The van der Waals surface area contributed by atoms with E-state index in [1.165, 1.54) is 0 Å². The van der Waals surface area contributed by atoms with Gasteiger partial charge in [-0.25, -0.2) is 0 Å². The predicted octanol–water partition coefficient (Wildman–Crippen LogP) is 4.69. The van der Waals surface area contributed by atoms with Gasteiger partial charge in [-0.2, -0.15) is 0 Å². The zero-order chi connectivity index (χ0) is 21.5. The summed E-state index contributed by atoms with van der Waals surface area (Å²) in [4.78, 5) is 14.8. The Kier molecular flexibility index (Phi) is 7.82. The van der Waals surface area contributed by atoms with Gasteiger partial charge in [0.25, 0.3) is 0 Å². The van der Waals surface area contributed by atoms with Crippen LogP contribution in [0.5, 0.6) is 17.2 Å². The lowest BCUT2D eigenvalue weighted by Crippen LogP contribution is -2.35. The maximum Gasteiger partial charge on any atom is 0.224 e. The van der Waals surface area contributed by atoms with E-state index in [9.17, 15) is 9.90 Å². The molecule has 1 aliphatic heterocycles. The third kappa shape index (κ3) is 6.28. The van der Waals surface area contributed by atoms with Crippen LogP contribution in [0.2, 0.25) is 5.02 Å². The minimum atomic E-state index is -0.0186. The molecule has 0 unspecified atom stereocenters. The zero-order valence-electron chi connectivity index (χ0n) is 17.5. The Hall–Kier alpha value is -2.44. The number of ether oxygens (including phenoxy) is 2. The summed E-state index contributed by atoms with van der Waals surface area (Å²) in [6, 6.07) is 10.5. The number of benzene rings is 2. The van der Waals surface area contributed by atoms with Gasteiger partial charge in [0.05, 0.1) is 14.2 Å². The molecule has 1 atom stereocenters. The number of methoxy groups -OCH3 is 2. The standard InChI is InChI=1S/C23H29ClN2O4/c1-29-20-11-19(12-21(13-20)30-2)25-23(28)8-5-16-4-3-9-26(14-16)15-17-10-18(24)6-7-22(17)27/h6-7,10-13,16,27H,3-5,8-9,14-15H2,1-2H3,(H,25,28)/t16-/m1/s1. The Labute approximate surface area is 182 Å². The first-order valence-electron chi connectivity index (χ1n) is 10.2. The Bertz CT molecular complexity index is 852. The average molecular weight is 433 g/mol. The molecule has 0 aliphatic carbocycles. The normalized spacial score (nSPS) is 16.8. The van der Waals surface area contributed by atoms with Crippen molar-refractivity contribution < 1.29 is 19.4 Å². The molecule has 1 amide bonds. The summed E-state index contributed by atoms with van der Waals surface area (Å²) in [5, 5.41) is 13.6. The van der Waals surface area contributed by atoms with Crippen LogP contribution in [-0.4, -0.2) is 43.2 Å². The molecule has 1 heterocycles. The van der Waals surface area contributed by atoms with E-state index in [1.807, 2.05) is 6.07 Å². The molecule has 2 aromatic rings. The Balaban J connectivity index is 1.50. The number of anilines is 1. The van der Waals surface area contributed by atoms with E-state index in [0.29, 0.717) is 41.1 Å². The number of carbonyl (C=O) groups excluding carboxylic acids is 1. The van der Waals surface area contributed by atoms with E-state index < -0.39 is 0 Å². The molecule has 0 radical (unpaired) electrons. The number of nitrogens with zero attached hydrogens (tertiary/aromatic N) is 1. The van der Waals surface area contributed by atoms with Gasteiger partial charge < -0.3 is 19.9 Å². The van der Waals surface area contributed by atoms with Gasteiger partial charge in [-0.05, 0) is 49.9 Å². The van der Waals surface area contributed by atoms with E-state index in [-0.39, 0.29) is 11.7 Å². The van der Waals surface area contributed by atoms with E-state index in [1.54, 1.807) is 44.6 Å². The van der Waals surface area contributed by atoms with Crippen molar-refractivity contribution in [3.05, 3.63) is 47.0 Å². The number of phenolic OH excluding ortho intramolecular Hbond substituents is 1. The van der Waals surface area contributed by atoms with E-state index in [0.717, 1.165) is 37.9 Å². The van der Waals surface area contributed by atoms with Gasteiger partial charge in [-0.15, -0.1) is 0 Å². The second kappa shape index (κ2) is 10.5. The van der Waals surface area contributed by atoms with Gasteiger partial charge in [-0.3, -0.25) is 9.69 Å². The molecule has 1 fully saturated rings. The fourth-order valence-corrected chi connectivity index (χ4v) is 4.09. The van der Waals surface area contributed by atoms with Crippen LogP contribution in [0.15, 0.2) is 36.4 Å². The molecule has 1 aliphatic rings. The van der Waals surface area contributed by atoms with E-state index in [2.05, 4.69) is 10.2 Å². The van der Waals surface area contributed by atoms with Crippen LogP contribution in [-0.2, 0) is 11.3 Å². The van der Waals surface area contributed by atoms with Crippen molar-refractivity contribution in [2.24, 2.45) is 5.92 Å². The molecule has 6 nitrogen and oxygen atoms in total. The third-order valence-electron chi connectivity index (χ3n) is 5.45. The van der Waals surface area contributed by atoms with Crippen LogP contribution in [0.4, 0.5) is 5.69 Å². The summed E-state index contributed by atoms with van der Waals surface area (Å²) < 4.78 is 10.5. The summed E-state index contributed by atoms with van der Waals surface area (Å²) in [6.45, 7) is 2.56. The summed E-state index contributed by atoms with van der Waals surface area (Å²) in [6.07, 6.45) is 3.48. The summed E-state index contributed by atoms with van der Waals surface area (Å²) >= 11 is 6.06. The number of piperidine rings is 1. The Morgan fingerprint density at radius 2 is 1.93 bits per heavy atom. The predicted molar refractivity (Wildman–Crippen MR) is 119 cm³/mol. The number of nitrogens with one attached hydrogen (secondary N) is 1. The Morgan fingerprint density at radius 3 is 2.63 bits per heavy atom. The van der Waals surface area contributed by atoms with Crippen LogP contribution in [0.25, 0.3) is 0 Å². The highest BCUT2D eigenvalue weighted by atomic mass is 35.5. The number of carbonyl (C=O) groups is 1. The molecule has 1 saturated heterocycles. The lowest BCUT2D eigenvalue weighted by molar-refractivity contribution is -0.116. The van der Waals surface area contributed by atoms with E-state index >= 15 is 0 Å². The third-order valence-corrected chi connectivity index (χ3v) is 5.69. The fraction of sp³-hybridized carbons (Fsp3) is 0.435. The van der Waals surface area contributed by atoms with Gasteiger partial charge in [0, 0.05) is 54.0 Å². The average Bonchev–Trinajstić information content (AvgIpc) is 2.75. The lowest BCUT2D eigenvalue weighted by atomic mass is 9.93. The number of hydrogen-bond donors (Lipinski definition) is 2. The first kappa shape index (κ1) is 22.2. The molecule has 7 heteroatoms. The van der Waals surface area contributed by atoms with Crippen molar-refractivity contribution in [1.29, 1.82) is 0 Å². The molecule has 162 valence electrons. The number of amides is 1. The maximum atomic E-state index is 12.5. The van der Waals surface area contributed by atoms with Crippen molar-refractivity contribution in [3.8, 4) is 17.2 Å². The smallest absolute Gasteiger partial charge is 0.224 e. The molecule has 2 aromatic carbocycles. The van der Waals surface area contributed by atoms with Crippen LogP contribution < -0.4 is 14.8 Å². The minimum Gasteiger partial charge on any atom is -0.508 e. The van der Waals surface area contributed by atoms with Crippen LogP contribution in [0, 0.1) is 5.92 Å². The highest BCUT2D eigenvalue weighted by molar-refractivity contribution is 6.30. The summed E-state index contributed by atoms with van der Waals surface area (Å²) in [5.74, 6) is 1.98. The second-order valence-corrected chi connectivity index (χ2v) is 8.14. The molecule has 0 aromatic heterocycles. The van der Waals surface area contributed by atoms with Gasteiger partial charge >= 0.3 is 0 Å². The SMILES string of the molecule is COc1cc(NC(=O)CC[C@H]2CCCN(Cc3cc(Cl)ccc3O)C2)cc(OC)c1. The van der Waals surface area contributed by atoms with Crippen molar-refractivity contribution in [1.82, 2.24) is 4.90 Å². The topological polar surface area (TPSA) is 71.0 Å². The van der Waals surface area contributed by atoms with E-state index in [4.69, 9.17) is 21.1 Å². The molecule has 30 heavy (non-hydrogen) atoms. The molecule has 3 rings (SSSR count). The number of likely N-dealkylation sites (tertiary alicyclic amines) is 1. The second-order valence-electron chi connectivity index (χ2n) is 7.70. The summed E-state index contributed by atoms with van der Waals surface area (Å²) in [5.41, 5.74) is 1.51. The summed E-state index contributed by atoms with van der Waals surface area (Å²) in [7, 11) is 3.16. The molecule has 0 saturated carbocycles. The fourth-order valence-electron chi connectivity index (χ4n) is 3.89. The first-order valence-corrected chi connectivity index (χ1v) is 10.6. The molecular formula is C23H29ClN2O4. The highest BCUT2D eigenvalue weighted by Crippen LogP contribution is 2.28. The van der Waals surface area contributed by atoms with Gasteiger partial charge in [-0.1, -0.05) is 11.6 Å². The number of phenols is 1. The lowest BCUT2D eigenvalue weighted by Gasteiger charge is -2.33. The monoisotopic (exact) mass is 432 g/mol. The quantitative estimate of drug-likeness (QED) is 0.633. The number of rotatable bonds is 8. The number of halogens is 1. The van der Waals surface area contributed by atoms with Crippen molar-refractivity contribution in [3.63, 3.8) is 0 Å². The zero-order valence-corrected chi connectivity index (χ0v) is 18.2. The molecule has 2 N–H and O–H groups in total. The van der Waals surface area contributed by atoms with Crippen LogP contribution in [0.3, 0.4) is 0 Å². The van der Waals surface area contributed by atoms with Gasteiger partial charge in [0.1, 0.15) is 17.2 Å². The number of hydrogen-bond acceptors (Lipinski definition) is 5. The molecule has 0 spiro atoms. The number of aromatic hydroxyl groups is 1. The molecule has 0 bridgehead atoms. The van der Waals surface area contributed by atoms with Crippen molar-refractivity contribution in [2.45, 2.75) is 32.2 Å².